The molecule has 1 N–H and O–H groups in total. The molecule has 7 heteroatoms. The van der Waals surface area contributed by atoms with Crippen LogP contribution in [0.5, 0.6) is 0 Å². The third kappa shape index (κ3) is 2.03. The predicted octanol–water partition coefficient (Wildman–Crippen LogP) is 1.81. The van der Waals surface area contributed by atoms with Crippen molar-refractivity contribution in [2.45, 2.75) is 29.7 Å². The first-order valence-corrected chi connectivity index (χ1v) is 9.51. The summed E-state index contributed by atoms with van der Waals surface area (Å²) in [5, 5.41) is 5.25. The number of aromatic nitrogens is 1. The number of rotatable bonds is 2. The SMILES string of the molecule is O=S(=O)(c1cnc2ccsc2c1)N1CCCC12CCNC2. The quantitative estimate of drug-likeness (QED) is 0.915. The summed E-state index contributed by atoms with van der Waals surface area (Å²) in [7, 11) is -3.46. The number of nitrogens with zero attached hydrogens (tertiary/aromatic N) is 2. The first-order valence-electron chi connectivity index (χ1n) is 7.19. The van der Waals surface area contributed by atoms with Crippen molar-refractivity contribution in [1.29, 1.82) is 0 Å². The second-order valence-electron chi connectivity index (χ2n) is 5.81. The number of hydrogen-bond acceptors (Lipinski definition) is 5. The van der Waals surface area contributed by atoms with Gasteiger partial charge in [0, 0.05) is 24.8 Å². The lowest BCUT2D eigenvalue weighted by Crippen LogP contribution is -2.48. The van der Waals surface area contributed by atoms with Gasteiger partial charge in [-0.15, -0.1) is 11.3 Å². The first kappa shape index (κ1) is 13.6. The third-order valence-corrected chi connectivity index (χ3v) is 7.44. The summed E-state index contributed by atoms with van der Waals surface area (Å²) in [6.45, 7) is 2.28. The molecule has 2 aromatic heterocycles. The minimum absolute atomic E-state index is 0.219. The Bertz CT molecular complexity index is 773. The molecule has 4 heterocycles. The summed E-state index contributed by atoms with van der Waals surface area (Å²) >= 11 is 1.53. The Labute approximate surface area is 128 Å². The number of pyridine rings is 1. The molecule has 1 unspecified atom stereocenters. The Morgan fingerprint density at radius 1 is 1.38 bits per heavy atom. The Morgan fingerprint density at radius 3 is 3.10 bits per heavy atom. The fraction of sp³-hybridized carbons (Fsp3) is 0.500. The van der Waals surface area contributed by atoms with Gasteiger partial charge in [-0.2, -0.15) is 4.31 Å². The molecule has 0 radical (unpaired) electrons. The number of hydrogen-bond donors (Lipinski definition) is 1. The molecule has 0 aromatic carbocycles. The molecule has 0 aliphatic carbocycles. The number of thiophene rings is 1. The van der Waals surface area contributed by atoms with Gasteiger partial charge in [-0.25, -0.2) is 8.42 Å². The summed E-state index contributed by atoms with van der Waals surface area (Å²) in [5.74, 6) is 0. The van der Waals surface area contributed by atoms with Crippen molar-refractivity contribution in [1.82, 2.24) is 14.6 Å². The zero-order valence-corrected chi connectivity index (χ0v) is 13.2. The van der Waals surface area contributed by atoms with Gasteiger partial charge in [-0.3, -0.25) is 4.98 Å². The molecule has 2 aromatic rings. The van der Waals surface area contributed by atoms with Gasteiger partial charge in [0.05, 0.1) is 10.2 Å². The third-order valence-electron chi connectivity index (χ3n) is 4.62. The average Bonchev–Trinajstić information content (AvgIpc) is 3.20. The van der Waals surface area contributed by atoms with Crippen molar-refractivity contribution in [3.05, 3.63) is 23.7 Å². The molecular weight excluding hydrogens is 306 g/mol. The van der Waals surface area contributed by atoms with Gasteiger partial charge in [0.25, 0.3) is 0 Å². The monoisotopic (exact) mass is 323 g/mol. The fourth-order valence-electron chi connectivity index (χ4n) is 3.54. The molecule has 112 valence electrons. The summed E-state index contributed by atoms with van der Waals surface area (Å²) in [6.07, 6.45) is 4.29. The van der Waals surface area contributed by atoms with Crippen molar-refractivity contribution >= 4 is 31.6 Å². The molecular formula is C14H17N3O2S2. The van der Waals surface area contributed by atoms with E-state index in [0.717, 1.165) is 42.6 Å². The molecule has 21 heavy (non-hydrogen) atoms. The highest BCUT2D eigenvalue weighted by Crippen LogP contribution is 2.39. The van der Waals surface area contributed by atoms with Crippen LogP contribution >= 0.6 is 11.3 Å². The molecule has 2 aliphatic rings. The molecule has 0 saturated carbocycles. The first-order chi connectivity index (χ1) is 10.1. The van der Waals surface area contributed by atoms with E-state index >= 15 is 0 Å². The predicted molar refractivity (Wildman–Crippen MR) is 83.0 cm³/mol. The van der Waals surface area contributed by atoms with Gasteiger partial charge >= 0.3 is 0 Å². The van der Waals surface area contributed by atoms with E-state index in [2.05, 4.69) is 10.3 Å². The van der Waals surface area contributed by atoms with Crippen LogP contribution in [0.25, 0.3) is 10.2 Å². The van der Waals surface area contributed by atoms with Gasteiger partial charge in [0.15, 0.2) is 0 Å². The average molecular weight is 323 g/mol. The van der Waals surface area contributed by atoms with Crippen LogP contribution in [0, 0.1) is 0 Å². The van der Waals surface area contributed by atoms with Crippen molar-refractivity contribution in [3.63, 3.8) is 0 Å². The van der Waals surface area contributed by atoms with E-state index in [1.807, 2.05) is 11.4 Å². The minimum Gasteiger partial charge on any atom is -0.315 e. The van der Waals surface area contributed by atoms with Crippen molar-refractivity contribution in [2.24, 2.45) is 0 Å². The number of nitrogens with one attached hydrogen (secondary N) is 1. The Kier molecular flexibility index (Phi) is 3.08. The summed E-state index contributed by atoms with van der Waals surface area (Å²) in [5.41, 5.74) is 0.640. The van der Waals surface area contributed by atoms with Crippen molar-refractivity contribution < 1.29 is 8.42 Å². The molecule has 4 rings (SSSR count). The van der Waals surface area contributed by atoms with E-state index in [1.165, 1.54) is 17.5 Å². The lowest BCUT2D eigenvalue weighted by Gasteiger charge is -2.33. The Morgan fingerprint density at radius 2 is 2.29 bits per heavy atom. The highest BCUT2D eigenvalue weighted by molar-refractivity contribution is 7.89. The van der Waals surface area contributed by atoms with Gasteiger partial charge in [0.2, 0.25) is 10.0 Å². The normalized spacial score (nSPS) is 27.0. The van der Waals surface area contributed by atoms with Crippen LogP contribution in [0.3, 0.4) is 0 Å². The standard InChI is InChI=1S/C14H17N3O2S2/c18-21(19,11-8-13-12(16-9-11)2-7-20-13)17-6-1-3-14(17)4-5-15-10-14/h2,7-9,15H,1,3-6,10H2. The summed E-state index contributed by atoms with van der Waals surface area (Å²) in [4.78, 5) is 4.61. The van der Waals surface area contributed by atoms with Crippen molar-refractivity contribution in [2.75, 3.05) is 19.6 Å². The second-order valence-corrected chi connectivity index (χ2v) is 8.62. The second kappa shape index (κ2) is 4.74. The van der Waals surface area contributed by atoms with E-state index in [-0.39, 0.29) is 5.54 Å². The topological polar surface area (TPSA) is 62.3 Å². The maximum atomic E-state index is 13.0. The van der Waals surface area contributed by atoms with Crippen LogP contribution in [-0.4, -0.2) is 42.9 Å². The molecule has 2 fully saturated rings. The van der Waals surface area contributed by atoms with Gasteiger partial charge in [0.1, 0.15) is 4.90 Å². The molecule has 2 aliphatic heterocycles. The zero-order chi connectivity index (χ0) is 14.5. The summed E-state index contributed by atoms with van der Waals surface area (Å²) in [6, 6.07) is 3.67. The smallest absolute Gasteiger partial charge is 0.245 e. The van der Waals surface area contributed by atoms with Crippen LogP contribution in [0.15, 0.2) is 28.6 Å². The van der Waals surface area contributed by atoms with E-state index < -0.39 is 10.0 Å². The minimum atomic E-state index is -3.46. The zero-order valence-electron chi connectivity index (χ0n) is 11.6. The maximum absolute atomic E-state index is 13.0. The van der Waals surface area contributed by atoms with Crippen LogP contribution < -0.4 is 5.32 Å². The van der Waals surface area contributed by atoms with E-state index in [4.69, 9.17) is 0 Å². The van der Waals surface area contributed by atoms with Gasteiger partial charge < -0.3 is 5.32 Å². The van der Waals surface area contributed by atoms with E-state index in [1.54, 1.807) is 10.4 Å². The number of fused-ring (bicyclic) bond motifs is 1. The van der Waals surface area contributed by atoms with E-state index in [9.17, 15) is 8.42 Å². The molecule has 5 nitrogen and oxygen atoms in total. The van der Waals surface area contributed by atoms with Crippen LogP contribution in [0.1, 0.15) is 19.3 Å². The largest absolute Gasteiger partial charge is 0.315 e. The molecule has 1 spiro atoms. The Hall–Kier alpha value is -1.02. The van der Waals surface area contributed by atoms with Crippen LogP contribution in [-0.2, 0) is 10.0 Å². The fourth-order valence-corrected chi connectivity index (χ4v) is 6.23. The lowest BCUT2D eigenvalue weighted by atomic mass is 9.97. The molecule has 0 amide bonds. The number of sulfonamides is 1. The van der Waals surface area contributed by atoms with Crippen LogP contribution in [0.4, 0.5) is 0 Å². The highest BCUT2D eigenvalue weighted by Gasteiger charge is 2.49. The van der Waals surface area contributed by atoms with Gasteiger partial charge in [-0.05, 0) is 43.3 Å². The lowest BCUT2D eigenvalue weighted by molar-refractivity contribution is 0.264. The highest BCUT2D eigenvalue weighted by atomic mass is 32.2. The molecule has 1 atom stereocenters. The van der Waals surface area contributed by atoms with Crippen molar-refractivity contribution in [3.8, 4) is 0 Å². The molecule has 0 bridgehead atoms. The maximum Gasteiger partial charge on any atom is 0.245 e. The summed E-state index contributed by atoms with van der Waals surface area (Å²) < 4.78 is 28.7. The van der Waals surface area contributed by atoms with E-state index in [0.29, 0.717) is 11.4 Å². The van der Waals surface area contributed by atoms with Crippen LogP contribution in [0.2, 0.25) is 0 Å². The Balaban J connectivity index is 1.78. The molecule has 2 saturated heterocycles. The van der Waals surface area contributed by atoms with Gasteiger partial charge in [-0.1, -0.05) is 0 Å².